The van der Waals surface area contributed by atoms with E-state index < -0.39 is 10.4 Å². The third-order valence-corrected chi connectivity index (χ3v) is 4.33. The second-order valence-electron chi connectivity index (χ2n) is 4.99. The summed E-state index contributed by atoms with van der Waals surface area (Å²) in [4.78, 5) is 0. The summed E-state index contributed by atoms with van der Waals surface area (Å²) in [5.74, 6) is 0.420. The van der Waals surface area contributed by atoms with Crippen molar-refractivity contribution in [1.82, 2.24) is 20.6 Å². The van der Waals surface area contributed by atoms with E-state index in [4.69, 9.17) is 14.1 Å². The fourth-order valence-corrected chi connectivity index (χ4v) is 3.40. The van der Waals surface area contributed by atoms with Crippen LogP contribution in [-0.2, 0) is 16.9 Å². The third-order valence-electron chi connectivity index (χ3n) is 3.58. The number of rotatable bonds is 3. The summed E-state index contributed by atoms with van der Waals surface area (Å²) < 4.78 is 33.2. The second kappa shape index (κ2) is 5.28. The highest BCUT2D eigenvalue weighted by Gasteiger charge is 2.34. The van der Waals surface area contributed by atoms with Crippen LogP contribution in [0.25, 0.3) is 22.5 Å². The van der Waals surface area contributed by atoms with Gasteiger partial charge in [0.1, 0.15) is 0 Å². The largest absolute Gasteiger partial charge is 0.501 e. The molecule has 0 bridgehead atoms. The van der Waals surface area contributed by atoms with Crippen molar-refractivity contribution < 1.29 is 16.8 Å². The fraction of sp³-hybridized carbons (Fsp3) is 0.0714. The first-order valence-corrected chi connectivity index (χ1v) is 8.25. The van der Waals surface area contributed by atoms with Gasteiger partial charge in [-0.05, 0) is 22.4 Å². The van der Waals surface area contributed by atoms with Gasteiger partial charge in [0.25, 0.3) is 0 Å². The molecule has 2 aromatic carbocycles. The summed E-state index contributed by atoms with van der Waals surface area (Å²) in [6.45, 7) is 0.00571. The summed E-state index contributed by atoms with van der Waals surface area (Å²) in [6.07, 6.45) is 0. The molecule has 4 rings (SSSR count). The van der Waals surface area contributed by atoms with Gasteiger partial charge in [0.2, 0.25) is 5.82 Å². The Balaban J connectivity index is 2.07. The number of tetrazole rings is 1. The lowest BCUT2D eigenvalue weighted by Gasteiger charge is -2.13. The van der Waals surface area contributed by atoms with E-state index in [2.05, 4.69) is 20.6 Å². The normalized spacial score (nSPS) is 14.7. The van der Waals surface area contributed by atoms with E-state index >= 15 is 0 Å². The first-order chi connectivity index (χ1) is 11.6. The number of aromatic nitrogens is 4. The quantitative estimate of drug-likeness (QED) is 0.718. The Kier molecular flexibility index (Phi) is 3.22. The standard InChI is InChI=1S/C14H11N5O4S/c15-7-10-12(14-16-18-19-17-14)9(8-4-2-1-3-5-8)6-11-13(10)23-24(20,21)22-11/h1-6H,7,15H2,(H,16,17,18,19). The van der Waals surface area contributed by atoms with Crippen molar-refractivity contribution in [3.05, 3.63) is 42.0 Å². The minimum Gasteiger partial charge on any atom is -0.349 e. The molecule has 9 nitrogen and oxygen atoms in total. The lowest BCUT2D eigenvalue weighted by atomic mass is 9.93. The molecule has 122 valence electrons. The van der Waals surface area contributed by atoms with Crippen LogP contribution in [0.3, 0.4) is 0 Å². The number of benzene rings is 2. The maximum atomic E-state index is 11.7. The molecule has 3 aromatic rings. The molecule has 0 saturated heterocycles. The molecule has 0 saturated carbocycles. The zero-order valence-corrected chi connectivity index (χ0v) is 12.9. The molecule has 1 aliphatic rings. The molecule has 24 heavy (non-hydrogen) atoms. The zero-order valence-electron chi connectivity index (χ0n) is 12.1. The fourth-order valence-electron chi connectivity index (χ4n) is 2.64. The van der Waals surface area contributed by atoms with Gasteiger partial charge in [-0.3, -0.25) is 0 Å². The maximum absolute atomic E-state index is 11.7. The number of nitrogens with one attached hydrogen (secondary N) is 1. The topological polar surface area (TPSA) is 133 Å². The molecular formula is C14H11N5O4S. The molecular weight excluding hydrogens is 334 g/mol. The number of hydrogen-bond acceptors (Lipinski definition) is 8. The lowest BCUT2D eigenvalue weighted by molar-refractivity contribution is 0.435. The second-order valence-corrected chi connectivity index (χ2v) is 6.14. The van der Waals surface area contributed by atoms with Crippen LogP contribution in [0.15, 0.2) is 36.4 Å². The van der Waals surface area contributed by atoms with Crippen LogP contribution in [0.1, 0.15) is 5.56 Å². The van der Waals surface area contributed by atoms with E-state index in [1.807, 2.05) is 30.3 Å². The minimum atomic E-state index is -4.14. The Bertz CT molecular complexity index is 1000. The zero-order chi connectivity index (χ0) is 16.7. The van der Waals surface area contributed by atoms with Crippen LogP contribution < -0.4 is 14.1 Å². The van der Waals surface area contributed by atoms with Crippen LogP contribution in [0.5, 0.6) is 11.5 Å². The molecule has 3 N–H and O–H groups in total. The van der Waals surface area contributed by atoms with E-state index in [1.165, 1.54) is 0 Å². The van der Waals surface area contributed by atoms with Gasteiger partial charge in [-0.1, -0.05) is 30.3 Å². The molecule has 0 fully saturated rings. The van der Waals surface area contributed by atoms with Crippen LogP contribution in [0.4, 0.5) is 0 Å². The number of H-pyrrole nitrogens is 1. The smallest absolute Gasteiger partial charge is 0.349 e. The van der Waals surface area contributed by atoms with Gasteiger partial charge in [-0.2, -0.15) is 5.21 Å². The molecule has 0 spiro atoms. The SMILES string of the molecule is NCc1c2c(cc(-c3ccccc3)c1-c1nn[nH]n1)OS(=O)(=O)O2. The summed E-state index contributed by atoms with van der Waals surface area (Å²) in [5, 5.41) is 13.9. The number of fused-ring (bicyclic) bond motifs is 1. The highest BCUT2D eigenvalue weighted by atomic mass is 32.3. The third kappa shape index (κ3) is 2.28. The molecule has 0 atom stereocenters. The van der Waals surface area contributed by atoms with Crippen molar-refractivity contribution in [1.29, 1.82) is 0 Å². The van der Waals surface area contributed by atoms with Crippen molar-refractivity contribution in [3.8, 4) is 34.0 Å². The predicted octanol–water partition coefficient (Wildman–Crippen LogP) is 1.01. The molecule has 1 aliphatic heterocycles. The van der Waals surface area contributed by atoms with Crippen molar-refractivity contribution in [2.45, 2.75) is 6.54 Å². The van der Waals surface area contributed by atoms with E-state index in [-0.39, 0.29) is 23.9 Å². The van der Waals surface area contributed by atoms with E-state index in [1.54, 1.807) is 6.07 Å². The Morgan fingerprint density at radius 3 is 2.62 bits per heavy atom. The molecule has 0 radical (unpaired) electrons. The van der Waals surface area contributed by atoms with Crippen LogP contribution in [0.2, 0.25) is 0 Å². The average molecular weight is 345 g/mol. The first-order valence-electron chi connectivity index (χ1n) is 6.92. The van der Waals surface area contributed by atoms with Crippen molar-refractivity contribution in [2.24, 2.45) is 5.73 Å². The summed E-state index contributed by atoms with van der Waals surface area (Å²) in [5.41, 5.74) is 8.30. The first kappa shape index (κ1) is 14.6. The summed E-state index contributed by atoms with van der Waals surface area (Å²) in [7, 11) is -4.14. The summed E-state index contributed by atoms with van der Waals surface area (Å²) in [6, 6.07) is 10.9. The molecule has 2 heterocycles. The molecule has 0 unspecified atom stereocenters. The Labute approximate surface area is 136 Å². The van der Waals surface area contributed by atoms with Gasteiger partial charge < -0.3 is 14.1 Å². The number of hydrogen-bond donors (Lipinski definition) is 2. The van der Waals surface area contributed by atoms with Crippen molar-refractivity contribution in [3.63, 3.8) is 0 Å². The van der Waals surface area contributed by atoms with Gasteiger partial charge in [-0.15, -0.1) is 18.6 Å². The van der Waals surface area contributed by atoms with Crippen LogP contribution in [0, 0.1) is 0 Å². The van der Waals surface area contributed by atoms with Gasteiger partial charge in [0, 0.05) is 17.7 Å². The van der Waals surface area contributed by atoms with Crippen LogP contribution >= 0.6 is 0 Å². The monoisotopic (exact) mass is 345 g/mol. The Morgan fingerprint density at radius 2 is 1.96 bits per heavy atom. The Morgan fingerprint density at radius 1 is 1.17 bits per heavy atom. The van der Waals surface area contributed by atoms with E-state index in [9.17, 15) is 8.42 Å². The van der Waals surface area contributed by atoms with Gasteiger partial charge in [-0.25, -0.2) is 0 Å². The predicted molar refractivity (Wildman–Crippen MR) is 83.1 cm³/mol. The molecule has 0 amide bonds. The van der Waals surface area contributed by atoms with Crippen molar-refractivity contribution in [2.75, 3.05) is 0 Å². The Hall–Kier alpha value is -2.98. The van der Waals surface area contributed by atoms with Gasteiger partial charge in [0.15, 0.2) is 11.5 Å². The highest BCUT2D eigenvalue weighted by molar-refractivity contribution is 7.82. The lowest BCUT2D eigenvalue weighted by Crippen LogP contribution is -2.09. The van der Waals surface area contributed by atoms with E-state index in [0.717, 1.165) is 5.56 Å². The maximum Gasteiger partial charge on any atom is 0.501 e. The molecule has 1 aromatic heterocycles. The average Bonchev–Trinajstić information content (AvgIpc) is 3.19. The van der Waals surface area contributed by atoms with Crippen LogP contribution in [-0.4, -0.2) is 29.0 Å². The number of nitrogens with zero attached hydrogens (tertiary/aromatic N) is 3. The summed E-state index contributed by atoms with van der Waals surface area (Å²) >= 11 is 0. The van der Waals surface area contributed by atoms with Gasteiger partial charge >= 0.3 is 10.4 Å². The van der Waals surface area contributed by atoms with E-state index in [0.29, 0.717) is 16.7 Å². The number of aromatic amines is 1. The van der Waals surface area contributed by atoms with Gasteiger partial charge in [0.05, 0.1) is 0 Å². The number of nitrogens with two attached hydrogens (primary N) is 1. The van der Waals surface area contributed by atoms with Crippen molar-refractivity contribution >= 4 is 10.4 Å². The molecule has 0 aliphatic carbocycles. The minimum absolute atomic E-state index is 0.00571. The molecule has 10 heteroatoms. The highest BCUT2D eigenvalue weighted by Crippen LogP contribution is 2.47.